The molecule has 0 saturated carbocycles. The fourth-order valence-corrected chi connectivity index (χ4v) is 4.76. The van der Waals surface area contributed by atoms with E-state index in [1.807, 2.05) is 12.1 Å². The molecule has 0 unspecified atom stereocenters. The van der Waals surface area contributed by atoms with Crippen molar-refractivity contribution in [2.24, 2.45) is 0 Å². The minimum Gasteiger partial charge on any atom is -0.481 e. The van der Waals surface area contributed by atoms with Crippen LogP contribution in [0.3, 0.4) is 0 Å². The molecular formula is C29H30N8O7. The van der Waals surface area contributed by atoms with Gasteiger partial charge in [-0.15, -0.1) is 5.10 Å². The number of H-pyrrole nitrogens is 1. The summed E-state index contributed by atoms with van der Waals surface area (Å²) in [5.41, 5.74) is 1.15. The number of nitrogens with zero attached hydrogens (tertiary/aromatic N) is 6. The average molecular weight is 603 g/mol. The largest absolute Gasteiger partial charge is 0.481 e. The van der Waals surface area contributed by atoms with Crippen LogP contribution in [-0.2, 0) is 14.3 Å². The van der Waals surface area contributed by atoms with Crippen molar-refractivity contribution in [3.05, 3.63) is 60.3 Å². The van der Waals surface area contributed by atoms with Gasteiger partial charge in [0.15, 0.2) is 5.82 Å². The van der Waals surface area contributed by atoms with Crippen molar-refractivity contribution in [3.63, 3.8) is 0 Å². The van der Waals surface area contributed by atoms with Crippen molar-refractivity contribution >= 4 is 34.8 Å². The molecule has 2 aromatic carbocycles. The zero-order valence-corrected chi connectivity index (χ0v) is 23.8. The van der Waals surface area contributed by atoms with Crippen LogP contribution < -0.4 is 10.1 Å². The van der Waals surface area contributed by atoms with Crippen molar-refractivity contribution < 1.29 is 33.8 Å². The van der Waals surface area contributed by atoms with E-state index in [2.05, 4.69) is 30.9 Å². The predicted octanol–water partition coefficient (Wildman–Crippen LogP) is 2.47. The number of aliphatic carboxylic acids is 1. The number of aromatic nitrogens is 5. The molecule has 1 atom stereocenters. The van der Waals surface area contributed by atoms with E-state index in [1.54, 1.807) is 43.3 Å². The number of hydrogen-bond donors (Lipinski definition) is 3. The van der Waals surface area contributed by atoms with Crippen LogP contribution in [0.5, 0.6) is 11.5 Å². The number of pyridine rings is 1. The summed E-state index contributed by atoms with van der Waals surface area (Å²) in [6.45, 7) is 2.89. The number of nitrogens with one attached hydrogen (secondary N) is 2. The van der Waals surface area contributed by atoms with Crippen LogP contribution in [0.2, 0.25) is 0 Å². The minimum atomic E-state index is -1.13. The summed E-state index contributed by atoms with van der Waals surface area (Å²) in [5.74, 6) is -0.966. The molecule has 4 aromatic rings. The molecule has 1 aliphatic heterocycles. The Balaban J connectivity index is 1.36. The number of fused-ring (bicyclic) bond motifs is 1. The highest BCUT2D eigenvalue weighted by atomic mass is 16.6. The van der Waals surface area contributed by atoms with E-state index in [9.17, 15) is 24.3 Å². The van der Waals surface area contributed by atoms with Gasteiger partial charge in [0.25, 0.3) is 5.91 Å². The van der Waals surface area contributed by atoms with Crippen LogP contribution in [0, 0.1) is 0 Å². The molecule has 0 spiro atoms. The number of ether oxygens (including phenoxy) is 2. The third kappa shape index (κ3) is 7.06. The molecule has 1 saturated heterocycles. The Bertz CT molecular complexity index is 1650. The molecule has 44 heavy (non-hydrogen) atoms. The van der Waals surface area contributed by atoms with E-state index in [0.717, 1.165) is 0 Å². The molecule has 0 aliphatic carbocycles. The second kappa shape index (κ2) is 13.6. The number of piperazine rings is 1. The van der Waals surface area contributed by atoms with Gasteiger partial charge in [-0.3, -0.25) is 14.4 Å². The lowest BCUT2D eigenvalue weighted by atomic mass is 10.1. The Labute approximate surface area is 251 Å². The fourth-order valence-electron chi connectivity index (χ4n) is 4.76. The lowest BCUT2D eigenvalue weighted by Gasteiger charge is -2.35. The number of hydrogen-bond acceptors (Lipinski definition) is 10. The topological polar surface area (TPSA) is 193 Å². The first kappa shape index (κ1) is 29.9. The predicted molar refractivity (Wildman–Crippen MR) is 155 cm³/mol. The van der Waals surface area contributed by atoms with E-state index in [-0.39, 0.29) is 51.3 Å². The minimum absolute atomic E-state index is 0.0189. The first-order chi connectivity index (χ1) is 21.3. The molecule has 5 rings (SSSR count). The van der Waals surface area contributed by atoms with Gasteiger partial charge in [-0.05, 0) is 48.0 Å². The molecule has 2 aromatic heterocycles. The highest BCUT2D eigenvalue weighted by molar-refractivity contribution is 5.99. The van der Waals surface area contributed by atoms with Crippen LogP contribution in [0.4, 0.5) is 4.79 Å². The Hall–Kier alpha value is -5.60. The Morgan fingerprint density at radius 2 is 1.80 bits per heavy atom. The van der Waals surface area contributed by atoms with Gasteiger partial charge in [-0.1, -0.05) is 24.3 Å². The van der Waals surface area contributed by atoms with Crippen LogP contribution in [0.25, 0.3) is 22.3 Å². The molecule has 1 fully saturated rings. The van der Waals surface area contributed by atoms with Crippen molar-refractivity contribution in [2.45, 2.75) is 25.8 Å². The van der Waals surface area contributed by atoms with E-state index < -0.39 is 29.9 Å². The monoisotopic (exact) mass is 602 g/mol. The lowest BCUT2D eigenvalue weighted by molar-refractivity contribution is -0.138. The van der Waals surface area contributed by atoms with Gasteiger partial charge in [0.1, 0.15) is 23.2 Å². The Morgan fingerprint density at radius 1 is 1.02 bits per heavy atom. The summed E-state index contributed by atoms with van der Waals surface area (Å²) in [4.78, 5) is 57.9. The second-order valence-corrected chi connectivity index (χ2v) is 9.87. The number of carboxylic acid groups (broad SMARTS) is 1. The van der Waals surface area contributed by atoms with Crippen LogP contribution in [-0.4, -0.2) is 103 Å². The summed E-state index contributed by atoms with van der Waals surface area (Å²) in [5, 5.41) is 26.4. The van der Waals surface area contributed by atoms with Crippen LogP contribution in [0.1, 0.15) is 30.3 Å². The zero-order valence-electron chi connectivity index (χ0n) is 23.8. The molecule has 0 bridgehead atoms. The zero-order chi connectivity index (χ0) is 31.1. The molecule has 1 aliphatic rings. The van der Waals surface area contributed by atoms with Crippen LogP contribution in [0.15, 0.2) is 54.6 Å². The number of aromatic amines is 1. The summed E-state index contributed by atoms with van der Waals surface area (Å²) < 4.78 is 11.2. The summed E-state index contributed by atoms with van der Waals surface area (Å²) >= 11 is 0. The van der Waals surface area contributed by atoms with Gasteiger partial charge in [0, 0.05) is 49.6 Å². The number of amides is 3. The summed E-state index contributed by atoms with van der Waals surface area (Å²) in [6.07, 6.45) is -0.925. The average Bonchev–Trinajstić information content (AvgIpc) is 3.58. The number of carbonyl (C=O) groups is 4. The van der Waals surface area contributed by atoms with Crippen molar-refractivity contribution in [1.29, 1.82) is 0 Å². The maximum Gasteiger partial charge on any atom is 0.409 e. The van der Waals surface area contributed by atoms with E-state index in [1.165, 1.54) is 15.9 Å². The quantitative estimate of drug-likeness (QED) is 0.241. The lowest BCUT2D eigenvalue weighted by Crippen LogP contribution is -2.56. The van der Waals surface area contributed by atoms with Crippen LogP contribution >= 0.6 is 0 Å². The molecule has 0 radical (unpaired) electrons. The van der Waals surface area contributed by atoms with Crippen molar-refractivity contribution in [3.8, 4) is 22.9 Å². The number of rotatable bonds is 10. The highest BCUT2D eigenvalue weighted by Crippen LogP contribution is 2.31. The normalized spacial score (nSPS) is 13.8. The summed E-state index contributed by atoms with van der Waals surface area (Å²) in [6, 6.07) is 14.5. The Kier molecular flexibility index (Phi) is 9.22. The molecule has 3 amide bonds. The fraction of sp³-hybridized carbons (Fsp3) is 0.310. The van der Waals surface area contributed by atoms with Gasteiger partial charge >= 0.3 is 12.1 Å². The third-order valence-corrected chi connectivity index (χ3v) is 6.96. The van der Waals surface area contributed by atoms with Gasteiger partial charge in [0.05, 0.1) is 12.1 Å². The Morgan fingerprint density at radius 3 is 2.52 bits per heavy atom. The van der Waals surface area contributed by atoms with Crippen molar-refractivity contribution in [2.75, 3.05) is 32.8 Å². The summed E-state index contributed by atoms with van der Waals surface area (Å²) in [7, 11) is 0. The molecule has 3 heterocycles. The van der Waals surface area contributed by atoms with Gasteiger partial charge in [-0.2, -0.15) is 0 Å². The maximum absolute atomic E-state index is 13.5. The molecule has 3 N–H and O–H groups in total. The number of carbonyl (C=O) groups excluding carboxylic acids is 3. The molecular weight excluding hydrogens is 572 g/mol. The van der Waals surface area contributed by atoms with Gasteiger partial charge < -0.3 is 29.7 Å². The number of tetrazole rings is 1. The molecule has 15 nitrogen and oxygen atoms in total. The van der Waals surface area contributed by atoms with Gasteiger partial charge in [-0.25, -0.2) is 14.9 Å². The molecule has 228 valence electrons. The van der Waals surface area contributed by atoms with Gasteiger partial charge in [0.2, 0.25) is 5.91 Å². The van der Waals surface area contributed by atoms with Crippen molar-refractivity contribution in [1.82, 2.24) is 40.7 Å². The first-order valence-corrected chi connectivity index (χ1v) is 14.0. The number of benzene rings is 2. The van der Waals surface area contributed by atoms with E-state index in [4.69, 9.17) is 9.47 Å². The molecule has 15 heteroatoms. The second-order valence-electron chi connectivity index (χ2n) is 9.87. The van der Waals surface area contributed by atoms with E-state index >= 15 is 0 Å². The number of carboxylic acids is 1. The highest BCUT2D eigenvalue weighted by Gasteiger charge is 2.31. The maximum atomic E-state index is 13.5. The number of para-hydroxylation sites is 1. The third-order valence-electron chi connectivity index (χ3n) is 6.96. The SMILES string of the molecule is CCOC(=O)N1CCN(C(=O)[C@H](CCC(=O)O)NC(=O)c2cc(Oc3cccc(-c4nnn[nH]4)c3)c3ccccc3n2)CC1. The van der Waals surface area contributed by atoms with E-state index in [0.29, 0.717) is 33.8 Å². The first-order valence-electron chi connectivity index (χ1n) is 14.0. The smallest absolute Gasteiger partial charge is 0.409 e. The standard InChI is InChI=1S/C29H30N8O7/c1-2-43-29(42)37-14-12-36(13-15-37)28(41)22(10-11-25(38)39)31-27(40)23-17-24(20-8-3-4-9-21(20)30-23)44-19-7-5-6-18(16-19)26-32-34-35-33-26/h3-9,16-17,22H,2,10-15H2,1H3,(H,31,40)(H,38,39)(H,32,33,34,35)/t22-/m0/s1.